The number of aryl methyl sites for hydroxylation is 1. The summed E-state index contributed by atoms with van der Waals surface area (Å²) in [6.45, 7) is 4.27. The number of amides is 1. The quantitative estimate of drug-likeness (QED) is 0.738. The molecule has 2 N–H and O–H groups in total. The lowest BCUT2D eigenvalue weighted by Crippen LogP contribution is -2.36. The molecule has 1 amide bonds. The van der Waals surface area contributed by atoms with Crippen molar-refractivity contribution in [3.63, 3.8) is 0 Å². The highest BCUT2D eigenvalue weighted by Gasteiger charge is 2.20. The summed E-state index contributed by atoms with van der Waals surface area (Å²) in [6.07, 6.45) is 0.133. The molecule has 0 aliphatic carbocycles. The predicted molar refractivity (Wildman–Crippen MR) is 77.2 cm³/mol. The molecule has 0 saturated heterocycles. The molecule has 5 nitrogen and oxygen atoms in total. The second-order valence-corrected chi connectivity index (χ2v) is 4.52. The van der Waals surface area contributed by atoms with Crippen molar-refractivity contribution < 1.29 is 14.3 Å². The Morgan fingerprint density at radius 2 is 2.00 bits per heavy atom. The Balaban J connectivity index is 2.86. The van der Waals surface area contributed by atoms with Gasteiger partial charge >= 0.3 is 5.97 Å². The Bertz CT molecular complexity index is 440. The average Bonchev–Trinajstić information content (AvgIpc) is 2.39. The fourth-order valence-electron chi connectivity index (χ4n) is 2.01. The zero-order chi connectivity index (χ0) is 15.0. The number of nitrogens with one attached hydrogen (secondary N) is 2. The molecular formula is C15H22N2O3. The SMILES string of the molecule is CCOC(=O)CC(NC(=O)CNC)c1ccccc1C. The Labute approximate surface area is 119 Å². The van der Waals surface area contributed by atoms with Crippen LogP contribution >= 0.6 is 0 Å². The van der Waals surface area contributed by atoms with Crippen molar-refractivity contribution in [3.8, 4) is 0 Å². The van der Waals surface area contributed by atoms with Crippen LogP contribution < -0.4 is 10.6 Å². The van der Waals surface area contributed by atoms with Gasteiger partial charge in [0.05, 0.1) is 25.6 Å². The number of rotatable bonds is 7. The molecule has 0 aromatic heterocycles. The molecule has 5 heteroatoms. The predicted octanol–water partition coefficient (Wildman–Crippen LogP) is 1.32. The minimum absolute atomic E-state index is 0.133. The number of carbonyl (C=O) groups excluding carboxylic acids is 2. The molecule has 20 heavy (non-hydrogen) atoms. The zero-order valence-electron chi connectivity index (χ0n) is 12.2. The summed E-state index contributed by atoms with van der Waals surface area (Å²) >= 11 is 0. The fourth-order valence-corrected chi connectivity index (χ4v) is 2.01. The Hall–Kier alpha value is -1.88. The molecule has 0 saturated carbocycles. The normalized spacial score (nSPS) is 11.8. The second kappa shape index (κ2) is 8.32. The minimum Gasteiger partial charge on any atom is -0.466 e. The molecule has 1 unspecified atom stereocenters. The summed E-state index contributed by atoms with van der Waals surface area (Å²) in [5.41, 5.74) is 1.97. The van der Waals surface area contributed by atoms with Gasteiger partial charge in [-0.05, 0) is 32.0 Å². The van der Waals surface area contributed by atoms with Crippen molar-refractivity contribution in [2.45, 2.75) is 26.3 Å². The van der Waals surface area contributed by atoms with Crippen LogP contribution in [0.3, 0.4) is 0 Å². The summed E-state index contributed by atoms with van der Waals surface area (Å²) < 4.78 is 4.97. The summed E-state index contributed by atoms with van der Waals surface area (Å²) in [5, 5.41) is 5.65. The van der Waals surface area contributed by atoms with Gasteiger partial charge in [-0.2, -0.15) is 0 Å². The number of ether oxygens (including phenoxy) is 1. The maximum absolute atomic E-state index is 11.8. The molecular weight excluding hydrogens is 256 g/mol. The second-order valence-electron chi connectivity index (χ2n) is 4.52. The first-order valence-corrected chi connectivity index (χ1v) is 6.73. The van der Waals surface area contributed by atoms with Gasteiger partial charge in [-0.1, -0.05) is 24.3 Å². The number of hydrogen-bond acceptors (Lipinski definition) is 4. The van der Waals surface area contributed by atoms with E-state index in [1.54, 1.807) is 14.0 Å². The van der Waals surface area contributed by atoms with Crippen LogP contribution in [0.25, 0.3) is 0 Å². The molecule has 0 aliphatic rings. The molecule has 1 atom stereocenters. The lowest BCUT2D eigenvalue weighted by molar-refractivity contribution is -0.143. The molecule has 0 radical (unpaired) electrons. The standard InChI is InChI=1S/C15H22N2O3/c1-4-20-15(19)9-13(17-14(18)10-16-3)12-8-6-5-7-11(12)2/h5-8,13,16H,4,9-10H2,1-3H3,(H,17,18). The van der Waals surface area contributed by atoms with Gasteiger partial charge in [-0.3, -0.25) is 9.59 Å². The van der Waals surface area contributed by atoms with Crippen molar-refractivity contribution in [1.82, 2.24) is 10.6 Å². The van der Waals surface area contributed by atoms with E-state index in [9.17, 15) is 9.59 Å². The van der Waals surface area contributed by atoms with Crippen LogP contribution in [0.15, 0.2) is 24.3 Å². The van der Waals surface area contributed by atoms with Gasteiger partial charge in [0.25, 0.3) is 0 Å². The van der Waals surface area contributed by atoms with E-state index in [0.717, 1.165) is 11.1 Å². The van der Waals surface area contributed by atoms with Gasteiger partial charge in [0.2, 0.25) is 5.91 Å². The molecule has 0 heterocycles. The Morgan fingerprint density at radius 1 is 1.30 bits per heavy atom. The third-order valence-corrected chi connectivity index (χ3v) is 2.91. The highest BCUT2D eigenvalue weighted by Crippen LogP contribution is 2.21. The maximum Gasteiger partial charge on any atom is 0.308 e. The number of carbonyl (C=O) groups is 2. The number of benzene rings is 1. The zero-order valence-corrected chi connectivity index (χ0v) is 12.2. The van der Waals surface area contributed by atoms with Crippen LogP contribution in [-0.4, -0.2) is 32.1 Å². The largest absolute Gasteiger partial charge is 0.466 e. The Kier molecular flexibility index (Phi) is 6.73. The van der Waals surface area contributed by atoms with E-state index in [-0.39, 0.29) is 30.9 Å². The third kappa shape index (κ3) is 5.01. The number of hydrogen-bond donors (Lipinski definition) is 2. The van der Waals surface area contributed by atoms with Crippen molar-refractivity contribution in [1.29, 1.82) is 0 Å². The van der Waals surface area contributed by atoms with E-state index in [1.165, 1.54) is 0 Å². The van der Waals surface area contributed by atoms with Crippen LogP contribution in [0.2, 0.25) is 0 Å². The lowest BCUT2D eigenvalue weighted by atomic mass is 9.98. The third-order valence-electron chi connectivity index (χ3n) is 2.91. The van der Waals surface area contributed by atoms with Crippen molar-refractivity contribution in [3.05, 3.63) is 35.4 Å². The van der Waals surface area contributed by atoms with Crippen molar-refractivity contribution in [2.75, 3.05) is 20.2 Å². The highest BCUT2D eigenvalue weighted by atomic mass is 16.5. The van der Waals surface area contributed by atoms with E-state index < -0.39 is 0 Å². The van der Waals surface area contributed by atoms with Gasteiger partial charge in [0.1, 0.15) is 0 Å². The van der Waals surface area contributed by atoms with Crippen LogP contribution in [0, 0.1) is 6.92 Å². The van der Waals surface area contributed by atoms with E-state index in [0.29, 0.717) is 6.61 Å². The summed E-state index contributed by atoms with van der Waals surface area (Å²) in [5.74, 6) is -0.462. The van der Waals surface area contributed by atoms with Gasteiger partial charge < -0.3 is 15.4 Å². The smallest absolute Gasteiger partial charge is 0.308 e. The monoisotopic (exact) mass is 278 g/mol. The first-order chi connectivity index (χ1) is 9.58. The summed E-state index contributed by atoms with van der Waals surface area (Å²) in [7, 11) is 1.70. The van der Waals surface area contributed by atoms with Crippen LogP contribution in [-0.2, 0) is 14.3 Å². The molecule has 1 rings (SSSR count). The first-order valence-electron chi connectivity index (χ1n) is 6.73. The van der Waals surface area contributed by atoms with Gasteiger partial charge in [0.15, 0.2) is 0 Å². The number of esters is 1. The van der Waals surface area contributed by atoms with Gasteiger partial charge in [-0.15, -0.1) is 0 Å². The van der Waals surface area contributed by atoms with E-state index in [2.05, 4.69) is 10.6 Å². The molecule has 110 valence electrons. The molecule has 0 bridgehead atoms. The fraction of sp³-hybridized carbons (Fsp3) is 0.467. The van der Waals surface area contributed by atoms with Crippen LogP contribution in [0.5, 0.6) is 0 Å². The van der Waals surface area contributed by atoms with Gasteiger partial charge in [0, 0.05) is 0 Å². The maximum atomic E-state index is 11.8. The van der Waals surface area contributed by atoms with Gasteiger partial charge in [-0.25, -0.2) is 0 Å². The summed E-state index contributed by atoms with van der Waals surface area (Å²) in [6, 6.07) is 7.33. The topological polar surface area (TPSA) is 67.4 Å². The van der Waals surface area contributed by atoms with Crippen molar-refractivity contribution in [2.24, 2.45) is 0 Å². The molecule has 1 aromatic rings. The van der Waals surface area contributed by atoms with Crippen LogP contribution in [0.1, 0.15) is 30.5 Å². The lowest BCUT2D eigenvalue weighted by Gasteiger charge is -2.20. The van der Waals surface area contributed by atoms with E-state index in [4.69, 9.17) is 4.74 Å². The highest BCUT2D eigenvalue weighted by molar-refractivity contribution is 5.79. The van der Waals surface area contributed by atoms with Crippen molar-refractivity contribution >= 4 is 11.9 Å². The molecule has 1 aromatic carbocycles. The van der Waals surface area contributed by atoms with E-state index in [1.807, 2.05) is 31.2 Å². The Morgan fingerprint density at radius 3 is 2.60 bits per heavy atom. The molecule has 0 spiro atoms. The molecule has 0 aliphatic heterocycles. The van der Waals surface area contributed by atoms with Crippen LogP contribution in [0.4, 0.5) is 0 Å². The average molecular weight is 278 g/mol. The van der Waals surface area contributed by atoms with E-state index >= 15 is 0 Å². The number of likely N-dealkylation sites (N-methyl/N-ethyl adjacent to an activating group) is 1. The first kappa shape index (κ1) is 16.2. The summed E-state index contributed by atoms with van der Waals surface area (Å²) in [4.78, 5) is 23.4. The minimum atomic E-state index is -0.365. The molecule has 0 fully saturated rings.